The van der Waals surface area contributed by atoms with E-state index in [1.54, 1.807) is 7.11 Å². The molecule has 1 N–H and O–H groups in total. The highest BCUT2D eigenvalue weighted by molar-refractivity contribution is 6.38. The average molecular weight is 283 g/mol. The number of nitrogens with one attached hydrogen (secondary N) is 1. The van der Waals surface area contributed by atoms with E-state index in [1.165, 1.54) is 0 Å². The van der Waals surface area contributed by atoms with Gasteiger partial charge in [0.2, 0.25) is 0 Å². The quantitative estimate of drug-likeness (QED) is 0.521. The highest BCUT2D eigenvalue weighted by Gasteiger charge is 2.13. The number of aromatic nitrogens is 2. The predicted octanol–water partition coefficient (Wildman–Crippen LogP) is 4.53. The first-order chi connectivity index (χ1) is 9.78. The Labute approximate surface area is 120 Å². The van der Waals surface area contributed by atoms with Crippen molar-refractivity contribution in [1.82, 2.24) is 9.97 Å². The van der Waals surface area contributed by atoms with E-state index in [9.17, 15) is 0 Å². The number of para-hydroxylation sites is 1. The maximum absolute atomic E-state index is 6.37. The molecule has 4 heteroatoms. The highest BCUT2D eigenvalue weighted by atomic mass is 35.5. The fraction of sp³-hybridized carbons (Fsp3) is 0.0625. The van der Waals surface area contributed by atoms with E-state index in [-0.39, 0.29) is 0 Å². The van der Waals surface area contributed by atoms with Crippen molar-refractivity contribution in [3.8, 4) is 5.75 Å². The molecule has 20 heavy (non-hydrogen) atoms. The van der Waals surface area contributed by atoms with Gasteiger partial charge < -0.3 is 9.72 Å². The first kappa shape index (κ1) is 11.6. The summed E-state index contributed by atoms with van der Waals surface area (Å²) in [5, 5.41) is 3.59. The molecule has 2 aromatic carbocycles. The molecule has 98 valence electrons. The maximum Gasteiger partial charge on any atom is 0.139 e. The van der Waals surface area contributed by atoms with E-state index in [0.717, 1.165) is 38.5 Å². The number of H-pyrrole nitrogens is 1. The van der Waals surface area contributed by atoms with Crippen LogP contribution < -0.4 is 4.74 Å². The maximum atomic E-state index is 6.37. The Hall–Kier alpha value is -2.26. The van der Waals surface area contributed by atoms with Crippen LogP contribution in [0.15, 0.2) is 42.5 Å². The van der Waals surface area contributed by atoms with Crippen molar-refractivity contribution < 1.29 is 4.74 Å². The van der Waals surface area contributed by atoms with Crippen LogP contribution in [0.25, 0.3) is 32.7 Å². The molecule has 0 bridgehead atoms. The van der Waals surface area contributed by atoms with Gasteiger partial charge in [-0.2, -0.15) is 0 Å². The third-order valence-corrected chi connectivity index (χ3v) is 3.88. The SMILES string of the molecule is COc1ccc2nc(Cl)c3c4ccccc4[nH]c3c2c1. The minimum absolute atomic E-state index is 0.523. The summed E-state index contributed by atoms with van der Waals surface area (Å²) in [4.78, 5) is 7.92. The second kappa shape index (κ2) is 4.12. The minimum Gasteiger partial charge on any atom is -0.497 e. The Morgan fingerprint density at radius 2 is 1.95 bits per heavy atom. The molecule has 2 aromatic heterocycles. The van der Waals surface area contributed by atoms with Gasteiger partial charge in [-0.1, -0.05) is 29.8 Å². The first-order valence-corrected chi connectivity index (χ1v) is 6.69. The van der Waals surface area contributed by atoms with Crippen molar-refractivity contribution in [1.29, 1.82) is 0 Å². The van der Waals surface area contributed by atoms with Crippen LogP contribution >= 0.6 is 11.6 Å². The molecule has 0 saturated carbocycles. The molecule has 0 unspecified atom stereocenters. The van der Waals surface area contributed by atoms with E-state index >= 15 is 0 Å². The predicted molar refractivity (Wildman–Crippen MR) is 82.7 cm³/mol. The largest absolute Gasteiger partial charge is 0.497 e. The van der Waals surface area contributed by atoms with Gasteiger partial charge in [0.25, 0.3) is 0 Å². The van der Waals surface area contributed by atoms with E-state index in [1.807, 2.05) is 42.5 Å². The van der Waals surface area contributed by atoms with Gasteiger partial charge >= 0.3 is 0 Å². The van der Waals surface area contributed by atoms with Crippen LogP contribution in [-0.2, 0) is 0 Å². The number of pyridine rings is 1. The van der Waals surface area contributed by atoms with Crippen molar-refractivity contribution in [2.45, 2.75) is 0 Å². The summed E-state index contributed by atoms with van der Waals surface area (Å²) < 4.78 is 5.30. The molecule has 0 amide bonds. The second-order valence-corrected chi connectivity index (χ2v) is 5.06. The molecule has 0 radical (unpaired) electrons. The zero-order chi connectivity index (χ0) is 13.7. The van der Waals surface area contributed by atoms with Crippen molar-refractivity contribution in [3.63, 3.8) is 0 Å². The zero-order valence-electron chi connectivity index (χ0n) is 10.8. The molecular weight excluding hydrogens is 272 g/mol. The van der Waals surface area contributed by atoms with Gasteiger partial charge in [0.1, 0.15) is 10.9 Å². The van der Waals surface area contributed by atoms with Crippen LogP contribution in [0, 0.1) is 0 Å². The molecule has 4 rings (SSSR count). The Balaban J connectivity index is 2.27. The van der Waals surface area contributed by atoms with Gasteiger partial charge in [-0.05, 0) is 24.3 Å². The summed E-state index contributed by atoms with van der Waals surface area (Å²) >= 11 is 6.37. The van der Waals surface area contributed by atoms with Gasteiger partial charge in [-0.3, -0.25) is 0 Å². The molecule has 0 aliphatic carbocycles. The number of methoxy groups -OCH3 is 1. The lowest BCUT2D eigenvalue weighted by molar-refractivity contribution is 0.415. The fourth-order valence-electron chi connectivity index (χ4n) is 2.66. The summed E-state index contributed by atoms with van der Waals surface area (Å²) in [6, 6.07) is 13.9. The van der Waals surface area contributed by atoms with Crippen LogP contribution in [0.1, 0.15) is 0 Å². The van der Waals surface area contributed by atoms with Gasteiger partial charge in [-0.25, -0.2) is 4.98 Å². The topological polar surface area (TPSA) is 37.9 Å². The normalized spacial score (nSPS) is 11.5. The molecule has 0 aliphatic rings. The number of aromatic amines is 1. The molecule has 0 atom stereocenters. The molecule has 2 heterocycles. The van der Waals surface area contributed by atoms with Gasteiger partial charge in [-0.15, -0.1) is 0 Å². The summed E-state index contributed by atoms with van der Waals surface area (Å²) in [5.74, 6) is 0.807. The number of hydrogen-bond donors (Lipinski definition) is 1. The molecule has 3 nitrogen and oxygen atoms in total. The molecule has 4 aromatic rings. The smallest absolute Gasteiger partial charge is 0.139 e. The van der Waals surface area contributed by atoms with Crippen LogP contribution in [0.5, 0.6) is 5.75 Å². The lowest BCUT2D eigenvalue weighted by Crippen LogP contribution is -1.86. The third kappa shape index (κ3) is 1.50. The molecule has 0 spiro atoms. The number of rotatable bonds is 1. The first-order valence-electron chi connectivity index (χ1n) is 6.31. The lowest BCUT2D eigenvalue weighted by atomic mass is 10.1. The zero-order valence-corrected chi connectivity index (χ0v) is 11.5. The Morgan fingerprint density at radius 3 is 2.80 bits per heavy atom. The van der Waals surface area contributed by atoms with E-state index in [0.29, 0.717) is 5.15 Å². The molecule has 0 fully saturated rings. The minimum atomic E-state index is 0.523. The highest BCUT2D eigenvalue weighted by Crippen LogP contribution is 2.35. The van der Waals surface area contributed by atoms with Crippen molar-refractivity contribution in [2.75, 3.05) is 7.11 Å². The van der Waals surface area contributed by atoms with Gasteiger partial charge in [0.05, 0.1) is 18.1 Å². The Bertz CT molecular complexity index is 959. The molecule has 0 saturated heterocycles. The molecule has 0 aliphatic heterocycles. The third-order valence-electron chi connectivity index (χ3n) is 3.60. The Morgan fingerprint density at radius 1 is 1.10 bits per heavy atom. The summed E-state index contributed by atoms with van der Waals surface area (Å²) in [6.07, 6.45) is 0. The van der Waals surface area contributed by atoms with Crippen molar-refractivity contribution >= 4 is 44.3 Å². The fourth-order valence-corrected chi connectivity index (χ4v) is 2.95. The average Bonchev–Trinajstić information content (AvgIpc) is 2.87. The van der Waals surface area contributed by atoms with Gasteiger partial charge in [0.15, 0.2) is 0 Å². The number of ether oxygens (including phenoxy) is 1. The summed E-state index contributed by atoms with van der Waals surface area (Å²) in [5.41, 5.74) is 2.91. The lowest BCUT2D eigenvalue weighted by Gasteiger charge is -2.04. The van der Waals surface area contributed by atoms with Crippen LogP contribution in [0.2, 0.25) is 5.15 Å². The van der Waals surface area contributed by atoms with Crippen LogP contribution in [0.4, 0.5) is 0 Å². The van der Waals surface area contributed by atoms with E-state index < -0.39 is 0 Å². The number of benzene rings is 2. The van der Waals surface area contributed by atoms with Crippen LogP contribution in [0.3, 0.4) is 0 Å². The monoisotopic (exact) mass is 282 g/mol. The molecular formula is C16H11ClN2O. The van der Waals surface area contributed by atoms with E-state index in [2.05, 4.69) is 9.97 Å². The summed E-state index contributed by atoms with van der Waals surface area (Å²) in [7, 11) is 1.66. The number of nitrogens with zero attached hydrogens (tertiary/aromatic N) is 1. The number of fused-ring (bicyclic) bond motifs is 5. The van der Waals surface area contributed by atoms with Crippen molar-refractivity contribution in [3.05, 3.63) is 47.6 Å². The van der Waals surface area contributed by atoms with E-state index in [4.69, 9.17) is 16.3 Å². The van der Waals surface area contributed by atoms with Gasteiger partial charge in [0, 0.05) is 21.7 Å². The standard InChI is InChI=1S/C16H11ClN2O/c1-20-9-6-7-13-11(8-9)15-14(16(17)19-13)10-4-2-3-5-12(10)18-15/h2-8,18H,1H3. The number of hydrogen-bond acceptors (Lipinski definition) is 2. The van der Waals surface area contributed by atoms with Crippen molar-refractivity contribution in [2.24, 2.45) is 0 Å². The number of halogens is 1. The summed E-state index contributed by atoms with van der Waals surface area (Å²) in [6.45, 7) is 0. The Kier molecular flexibility index (Phi) is 2.38. The van der Waals surface area contributed by atoms with Crippen LogP contribution in [-0.4, -0.2) is 17.1 Å². The second-order valence-electron chi connectivity index (χ2n) is 4.71.